The van der Waals surface area contributed by atoms with Gasteiger partial charge in [-0.3, -0.25) is 0 Å². The highest BCUT2D eigenvalue weighted by atomic mass is 32.1. The van der Waals surface area contributed by atoms with E-state index in [-0.39, 0.29) is 0 Å². The van der Waals surface area contributed by atoms with Gasteiger partial charge in [0.1, 0.15) is 0 Å². The Hall–Kier alpha value is -6.42. The first-order chi connectivity index (χ1) is 25.3. The van der Waals surface area contributed by atoms with Crippen LogP contribution in [-0.4, -0.2) is 4.57 Å². The van der Waals surface area contributed by atoms with Crippen LogP contribution in [0.1, 0.15) is 0 Å². The molecular weight excluding hydrogens is 637 g/mol. The van der Waals surface area contributed by atoms with E-state index in [0.717, 1.165) is 17.1 Å². The number of nitrogens with zero attached hydrogens (tertiary/aromatic N) is 2. The molecule has 3 heteroatoms. The van der Waals surface area contributed by atoms with Crippen LogP contribution in [0.5, 0.6) is 0 Å². The highest BCUT2D eigenvalue weighted by Gasteiger charge is 2.23. The molecule has 0 amide bonds. The van der Waals surface area contributed by atoms with Crippen LogP contribution < -0.4 is 4.90 Å². The second-order valence-corrected chi connectivity index (χ2v) is 14.0. The molecule has 0 aliphatic carbocycles. The van der Waals surface area contributed by atoms with Crippen LogP contribution in [-0.2, 0) is 0 Å². The zero-order valence-corrected chi connectivity index (χ0v) is 28.6. The Kier molecular flexibility index (Phi) is 7.04. The van der Waals surface area contributed by atoms with Gasteiger partial charge in [0, 0.05) is 47.9 Å². The fraction of sp³-hybridized carbons (Fsp3) is 0. The van der Waals surface area contributed by atoms with Crippen LogP contribution in [0.25, 0.3) is 69.9 Å². The number of rotatable bonds is 6. The first kappa shape index (κ1) is 29.5. The summed E-state index contributed by atoms with van der Waals surface area (Å²) >= 11 is 1.86. The van der Waals surface area contributed by atoms with Gasteiger partial charge >= 0.3 is 0 Å². The van der Waals surface area contributed by atoms with Gasteiger partial charge in [0.25, 0.3) is 0 Å². The molecule has 51 heavy (non-hydrogen) atoms. The van der Waals surface area contributed by atoms with Crippen LogP contribution >= 0.6 is 11.3 Å². The molecule has 2 nitrogen and oxygen atoms in total. The van der Waals surface area contributed by atoms with Crippen LogP contribution in [0.4, 0.5) is 17.1 Å². The monoisotopic (exact) mass is 668 g/mol. The zero-order valence-electron chi connectivity index (χ0n) is 27.8. The highest BCUT2D eigenvalue weighted by Crippen LogP contribution is 2.47. The Morgan fingerprint density at radius 2 is 1.00 bits per heavy atom. The lowest BCUT2D eigenvalue weighted by atomic mass is 10.00. The topological polar surface area (TPSA) is 8.17 Å². The van der Waals surface area contributed by atoms with Crippen molar-refractivity contribution in [3.05, 3.63) is 194 Å². The van der Waals surface area contributed by atoms with E-state index in [1.807, 2.05) is 11.3 Å². The third-order valence-corrected chi connectivity index (χ3v) is 11.1. The summed E-state index contributed by atoms with van der Waals surface area (Å²) in [4.78, 5) is 2.45. The molecular formula is C48H32N2S. The summed E-state index contributed by atoms with van der Waals surface area (Å²) in [5.74, 6) is 0. The molecule has 10 rings (SSSR count). The molecule has 0 bridgehead atoms. The van der Waals surface area contributed by atoms with Crippen molar-refractivity contribution in [2.45, 2.75) is 0 Å². The Morgan fingerprint density at radius 3 is 1.82 bits per heavy atom. The van der Waals surface area contributed by atoms with Crippen LogP contribution in [0.3, 0.4) is 0 Å². The fourth-order valence-corrected chi connectivity index (χ4v) is 8.83. The summed E-state index contributed by atoms with van der Waals surface area (Å²) in [6.45, 7) is 0. The molecule has 0 spiro atoms. The van der Waals surface area contributed by atoms with Crippen molar-refractivity contribution in [1.82, 2.24) is 4.57 Å². The lowest BCUT2D eigenvalue weighted by Gasteiger charge is -2.29. The maximum atomic E-state index is 2.45. The quantitative estimate of drug-likeness (QED) is 0.171. The van der Waals surface area contributed by atoms with Crippen LogP contribution in [0.2, 0.25) is 0 Å². The minimum Gasteiger partial charge on any atom is -0.309 e. The molecule has 0 N–H and O–H groups in total. The van der Waals surface area contributed by atoms with E-state index in [2.05, 4.69) is 204 Å². The van der Waals surface area contributed by atoms with E-state index in [4.69, 9.17) is 0 Å². The third kappa shape index (κ3) is 4.93. The largest absolute Gasteiger partial charge is 0.309 e. The molecule has 0 atom stereocenters. The number of hydrogen-bond acceptors (Lipinski definition) is 2. The van der Waals surface area contributed by atoms with Crippen molar-refractivity contribution in [1.29, 1.82) is 0 Å². The summed E-state index contributed by atoms with van der Waals surface area (Å²) in [5.41, 5.74) is 11.7. The number of fused-ring (bicyclic) bond motifs is 6. The van der Waals surface area contributed by atoms with Gasteiger partial charge < -0.3 is 9.47 Å². The molecule has 240 valence electrons. The Morgan fingerprint density at radius 1 is 0.392 bits per heavy atom. The zero-order chi connectivity index (χ0) is 33.7. The number of anilines is 3. The molecule has 2 heterocycles. The lowest BCUT2D eigenvalue weighted by Crippen LogP contribution is -2.11. The van der Waals surface area contributed by atoms with E-state index >= 15 is 0 Å². The minimum atomic E-state index is 1.11. The molecule has 0 fully saturated rings. The van der Waals surface area contributed by atoms with E-state index < -0.39 is 0 Å². The van der Waals surface area contributed by atoms with Gasteiger partial charge in [-0.1, -0.05) is 140 Å². The minimum absolute atomic E-state index is 1.11. The second-order valence-electron chi connectivity index (χ2n) is 12.9. The van der Waals surface area contributed by atoms with Crippen molar-refractivity contribution in [2.24, 2.45) is 0 Å². The van der Waals surface area contributed by atoms with Crippen molar-refractivity contribution in [3.8, 4) is 27.9 Å². The highest BCUT2D eigenvalue weighted by molar-refractivity contribution is 7.25. The van der Waals surface area contributed by atoms with Gasteiger partial charge in [0.15, 0.2) is 0 Å². The van der Waals surface area contributed by atoms with Crippen molar-refractivity contribution < 1.29 is 0 Å². The maximum absolute atomic E-state index is 2.45. The van der Waals surface area contributed by atoms with Gasteiger partial charge in [-0.15, -0.1) is 11.3 Å². The molecule has 0 radical (unpaired) electrons. The normalized spacial score (nSPS) is 11.5. The summed E-state index contributed by atoms with van der Waals surface area (Å²) < 4.78 is 5.06. The number of hydrogen-bond donors (Lipinski definition) is 0. The van der Waals surface area contributed by atoms with E-state index in [0.29, 0.717) is 0 Å². The maximum Gasteiger partial charge on any atom is 0.0562 e. The Balaban J connectivity index is 1.23. The molecule has 0 saturated carbocycles. The first-order valence-electron chi connectivity index (χ1n) is 17.4. The average molecular weight is 669 g/mol. The summed E-state index contributed by atoms with van der Waals surface area (Å²) in [5, 5.41) is 5.07. The first-order valence-corrected chi connectivity index (χ1v) is 18.2. The number of benzene rings is 8. The molecule has 0 saturated heterocycles. The van der Waals surface area contributed by atoms with Gasteiger partial charge in [0.2, 0.25) is 0 Å². The number of thiophene rings is 1. The smallest absolute Gasteiger partial charge is 0.0562 e. The lowest BCUT2D eigenvalue weighted by molar-refractivity contribution is 1.19. The number of para-hydroxylation sites is 2. The van der Waals surface area contributed by atoms with E-state index in [1.165, 1.54) is 69.9 Å². The van der Waals surface area contributed by atoms with E-state index in [9.17, 15) is 0 Å². The van der Waals surface area contributed by atoms with Crippen molar-refractivity contribution in [3.63, 3.8) is 0 Å². The molecule has 0 unspecified atom stereocenters. The SMILES string of the molecule is c1ccc(-c2ccc(N(c3ccccc3-c3ccccc3)c3cccc4c3c3ccccc3n4-c3ccc4c(c3)sc3ccccc34)cc2)cc1. The predicted molar refractivity (Wildman–Crippen MR) is 219 cm³/mol. The van der Waals surface area contributed by atoms with Gasteiger partial charge in [0.05, 0.1) is 22.4 Å². The standard InChI is InChI=1S/C48H32N2S/c1-3-14-33(15-4-1)34-26-28-36(29-27-34)49(42-21-10-7-18-38(42)35-16-5-2-6-17-35)44-23-13-24-45-48(44)41-20-8-11-22-43(41)50(45)37-30-31-40-39-19-9-12-25-46(39)51-47(40)32-37/h1-32H. The average Bonchev–Trinajstić information content (AvgIpc) is 3.75. The fourth-order valence-electron chi connectivity index (χ4n) is 7.69. The van der Waals surface area contributed by atoms with Gasteiger partial charge in [-0.2, -0.15) is 0 Å². The van der Waals surface area contributed by atoms with Gasteiger partial charge in [-0.25, -0.2) is 0 Å². The van der Waals surface area contributed by atoms with E-state index in [1.54, 1.807) is 0 Å². The molecule has 2 aromatic heterocycles. The molecule has 10 aromatic rings. The number of aromatic nitrogens is 1. The summed E-state index contributed by atoms with van der Waals surface area (Å²) in [6.07, 6.45) is 0. The van der Waals surface area contributed by atoms with Crippen LogP contribution in [0, 0.1) is 0 Å². The summed E-state index contributed by atoms with van der Waals surface area (Å²) in [7, 11) is 0. The van der Waals surface area contributed by atoms with Crippen LogP contribution in [0.15, 0.2) is 194 Å². The second kappa shape index (κ2) is 12.2. The Bertz CT molecular complexity index is 2850. The van der Waals surface area contributed by atoms with Gasteiger partial charge in [-0.05, 0) is 71.3 Å². The Labute approximate surface area is 300 Å². The van der Waals surface area contributed by atoms with Crippen molar-refractivity contribution >= 4 is 70.4 Å². The van der Waals surface area contributed by atoms with Crippen molar-refractivity contribution in [2.75, 3.05) is 4.90 Å². The molecule has 8 aromatic carbocycles. The summed E-state index contributed by atoms with van der Waals surface area (Å²) in [6, 6.07) is 70.4. The third-order valence-electron chi connectivity index (χ3n) is 10.00. The molecule has 0 aliphatic heterocycles. The predicted octanol–water partition coefficient (Wildman–Crippen LogP) is 14.0. The molecule has 0 aliphatic rings.